The molecule has 0 aliphatic carbocycles. The van der Waals surface area contributed by atoms with Crippen molar-refractivity contribution in [1.29, 1.82) is 0 Å². The highest BCUT2D eigenvalue weighted by molar-refractivity contribution is 7.14. The predicted octanol–water partition coefficient (Wildman–Crippen LogP) is 3.57. The van der Waals surface area contributed by atoms with Gasteiger partial charge in [-0.1, -0.05) is 45.0 Å². The van der Waals surface area contributed by atoms with Gasteiger partial charge in [0, 0.05) is 12.5 Å². The van der Waals surface area contributed by atoms with Crippen LogP contribution < -0.4 is 5.32 Å². The Morgan fingerprint density at radius 2 is 2.14 bits per heavy atom. The van der Waals surface area contributed by atoms with Crippen LogP contribution in [-0.4, -0.2) is 23.7 Å². The number of carbonyl (C=O) groups is 1. The lowest BCUT2D eigenvalue weighted by Gasteiger charge is -2.17. The molecule has 0 spiro atoms. The summed E-state index contributed by atoms with van der Waals surface area (Å²) in [5, 5.41) is 11.8. The van der Waals surface area contributed by atoms with Crippen molar-refractivity contribution in [3.63, 3.8) is 0 Å². The van der Waals surface area contributed by atoms with Crippen LogP contribution in [0.1, 0.15) is 66.9 Å². The molecule has 0 saturated carbocycles. The Kier molecular flexibility index (Phi) is 8.80. The van der Waals surface area contributed by atoms with Gasteiger partial charge >= 0.3 is 0 Å². The zero-order valence-electron chi connectivity index (χ0n) is 12.9. The molecule has 116 valence electrons. The predicted molar refractivity (Wildman–Crippen MR) is 88.6 cm³/mol. The number of aliphatic hydroxyl groups excluding tert-OH is 1. The molecule has 0 aliphatic heterocycles. The summed E-state index contributed by atoms with van der Waals surface area (Å²) in [4.78, 5) is 13.8. The van der Waals surface area contributed by atoms with E-state index in [1.807, 2.05) is 12.1 Å². The van der Waals surface area contributed by atoms with Gasteiger partial charge < -0.3 is 10.4 Å². The molecule has 0 aliphatic rings. The van der Waals surface area contributed by atoms with Crippen LogP contribution in [0, 0.1) is 11.8 Å². The number of rotatable bonds is 8. The number of hydrogen-bond acceptors (Lipinski definition) is 3. The third-order valence-electron chi connectivity index (χ3n) is 3.16. The Morgan fingerprint density at radius 1 is 1.33 bits per heavy atom. The summed E-state index contributed by atoms with van der Waals surface area (Å²) in [6.07, 6.45) is 5.92. The SMILES string of the molecule is CCCCC(CCC)NC(=O)c1ccc(C#CCCO)s1. The first kappa shape index (κ1) is 17.7. The maximum atomic E-state index is 12.2. The first-order valence-corrected chi connectivity index (χ1v) is 8.53. The lowest BCUT2D eigenvalue weighted by Crippen LogP contribution is -2.34. The van der Waals surface area contributed by atoms with Gasteiger partial charge in [0.25, 0.3) is 5.91 Å². The Balaban J connectivity index is 2.59. The second kappa shape index (κ2) is 10.4. The van der Waals surface area contributed by atoms with Crippen molar-refractivity contribution < 1.29 is 9.90 Å². The fourth-order valence-electron chi connectivity index (χ4n) is 2.08. The van der Waals surface area contributed by atoms with Gasteiger partial charge in [0.05, 0.1) is 16.4 Å². The molecule has 3 nitrogen and oxygen atoms in total. The van der Waals surface area contributed by atoms with E-state index in [4.69, 9.17) is 5.11 Å². The lowest BCUT2D eigenvalue weighted by atomic mass is 10.1. The molecule has 0 saturated heterocycles. The summed E-state index contributed by atoms with van der Waals surface area (Å²) in [5.74, 6) is 5.84. The molecular formula is C17H25NO2S. The van der Waals surface area contributed by atoms with E-state index in [9.17, 15) is 4.79 Å². The number of nitrogens with one attached hydrogen (secondary N) is 1. The molecule has 0 bridgehead atoms. The first-order valence-electron chi connectivity index (χ1n) is 7.71. The van der Waals surface area contributed by atoms with Crippen LogP contribution in [0.5, 0.6) is 0 Å². The van der Waals surface area contributed by atoms with Gasteiger partial charge in [0.1, 0.15) is 0 Å². The minimum Gasteiger partial charge on any atom is -0.395 e. The van der Waals surface area contributed by atoms with E-state index >= 15 is 0 Å². The summed E-state index contributed by atoms with van der Waals surface area (Å²) >= 11 is 1.41. The lowest BCUT2D eigenvalue weighted by molar-refractivity contribution is 0.0936. The van der Waals surface area contributed by atoms with Crippen LogP contribution >= 0.6 is 11.3 Å². The Bertz CT molecular complexity index is 484. The third-order valence-corrected chi connectivity index (χ3v) is 4.16. The van der Waals surface area contributed by atoms with Crippen LogP contribution in [0.2, 0.25) is 0 Å². The van der Waals surface area contributed by atoms with Gasteiger partial charge in [-0.25, -0.2) is 0 Å². The molecule has 1 rings (SSSR count). The van der Waals surface area contributed by atoms with Crippen molar-refractivity contribution in [2.75, 3.05) is 6.61 Å². The van der Waals surface area contributed by atoms with Crippen molar-refractivity contribution in [2.24, 2.45) is 0 Å². The molecule has 4 heteroatoms. The second-order valence-electron chi connectivity index (χ2n) is 5.04. The summed E-state index contributed by atoms with van der Waals surface area (Å²) < 4.78 is 0. The van der Waals surface area contributed by atoms with Gasteiger partial charge in [-0.3, -0.25) is 4.79 Å². The fourth-order valence-corrected chi connectivity index (χ4v) is 2.86. The first-order chi connectivity index (χ1) is 10.2. The van der Waals surface area contributed by atoms with Crippen molar-refractivity contribution in [3.8, 4) is 11.8 Å². The number of thiophene rings is 1. The molecule has 1 amide bonds. The maximum absolute atomic E-state index is 12.2. The topological polar surface area (TPSA) is 49.3 Å². The number of hydrogen-bond donors (Lipinski definition) is 2. The summed E-state index contributed by atoms with van der Waals surface area (Å²) in [6, 6.07) is 3.96. The quantitative estimate of drug-likeness (QED) is 0.721. The van der Waals surface area contributed by atoms with Gasteiger partial charge in [-0.2, -0.15) is 0 Å². The average molecular weight is 307 g/mol. The molecule has 1 unspecified atom stereocenters. The smallest absolute Gasteiger partial charge is 0.261 e. The van der Waals surface area contributed by atoms with E-state index in [1.165, 1.54) is 11.3 Å². The number of aliphatic hydroxyl groups is 1. The van der Waals surface area contributed by atoms with Crippen molar-refractivity contribution in [1.82, 2.24) is 5.32 Å². The Hall–Kier alpha value is -1.31. The molecule has 2 N–H and O–H groups in total. The standard InChI is InChI=1S/C17H25NO2S/c1-3-5-9-14(8-4-2)18-17(20)16-12-11-15(21-16)10-6-7-13-19/h11-12,14,19H,3-5,7-9,13H2,1-2H3,(H,18,20). The zero-order valence-corrected chi connectivity index (χ0v) is 13.8. The highest BCUT2D eigenvalue weighted by Gasteiger charge is 2.14. The number of amides is 1. The van der Waals surface area contributed by atoms with Gasteiger partial charge in [0.15, 0.2) is 0 Å². The third kappa shape index (κ3) is 6.79. The van der Waals surface area contributed by atoms with E-state index < -0.39 is 0 Å². The van der Waals surface area contributed by atoms with Crippen LogP contribution in [0.25, 0.3) is 0 Å². The summed E-state index contributed by atoms with van der Waals surface area (Å²) in [5.41, 5.74) is 0. The van der Waals surface area contributed by atoms with Crippen molar-refractivity contribution in [2.45, 2.75) is 58.4 Å². The molecule has 0 fully saturated rings. The molecular weight excluding hydrogens is 282 g/mol. The van der Waals surface area contributed by atoms with E-state index in [0.29, 0.717) is 11.3 Å². The minimum atomic E-state index is 0.00441. The largest absolute Gasteiger partial charge is 0.395 e. The molecule has 1 heterocycles. The minimum absolute atomic E-state index is 0.00441. The van der Waals surface area contributed by atoms with Crippen molar-refractivity contribution in [3.05, 3.63) is 21.9 Å². The number of carbonyl (C=O) groups excluding carboxylic acids is 1. The highest BCUT2D eigenvalue weighted by atomic mass is 32.1. The van der Waals surface area contributed by atoms with Crippen molar-refractivity contribution >= 4 is 17.2 Å². The average Bonchev–Trinajstić information content (AvgIpc) is 2.94. The molecule has 0 aromatic carbocycles. The summed E-state index contributed by atoms with van der Waals surface area (Å²) in [6.45, 7) is 4.38. The van der Waals surface area contributed by atoms with E-state index in [0.717, 1.165) is 37.0 Å². The van der Waals surface area contributed by atoms with Gasteiger partial charge in [-0.05, 0) is 25.0 Å². The van der Waals surface area contributed by atoms with Crippen LogP contribution in [0.3, 0.4) is 0 Å². The molecule has 0 radical (unpaired) electrons. The monoisotopic (exact) mass is 307 g/mol. The van der Waals surface area contributed by atoms with E-state index in [2.05, 4.69) is 31.0 Å². The van der Waals surface area contributed by atoms with E-state index in [1.54, 1.807) is 0 Å². The second-order valence-corrected chi connectivity index (χ2v) is 6.12. The van der Waals surface area contributed by atoms with Gasteiger partial charge in [-0.15, -0.1) is 11.3 Å². The van der Waals surface area contributed by atoms with Crippen LogP contribution in [0.4, 0.5) is 0 Å². The molecule has 1 aromatic rings. The zero-order chi connectivity index (χ0) is 15.5. The summed E-state index contributed by atoms with van der Waals surface area (Å²) in [7, 11) is 0. The Morgan fingerprint density at radius 3 is 2.81 bits per heavy atom. The van der Waals surface area contributed by atoms with E-state index in [-0.39, 0.29) is 18.6 Å². The number of unbranched alkanes of at least 4 members (excludes halogenated alkanes) is 1. The highest BCUT2D eigenvalue weighted by Crippen LogP contribution is 2.16. The van der Waals surface area contributed by atoms with Gasteiger partial charge in [0.2, 0.25) is 0 Å². The fraction of sp³-hybridized carbons (Fsp3) is 0.588. The van der Waals surface area contributed by atoms with Crippen LogP contribution in [-0.2, 0) is 0 Å². The molecule has 1 aromatic heterocycles. The Labute approximate surface area is 131 Å². The maximum Gasteiger partial charge on any atom is 0.261 e. The normalized spacial score (nSPS) is 11.6. The molecule has 21 heavy (non-hydrogen) atoms. The molecule has 1 atom stereocenters. The van der Waals surface area contributed by atoms with Crippen LogP contribution in [0.15, 0.2) is 12.1 Å².